The summed E-state index contributed by atoms with van der Waals surface area (Å²) in [5.41, 5.74) is 0. The molecule has 0 radical (unpaired) electrons. The van der Waals surface area contributed by atoms with Crippen molar-refractivity contribution in [2.45, 2.75) is 51.2 Å². The predicted octanol–water partition coefficient (Wildman–Crippen LogP) is 1.63. The lowest BCUT2D eigenvalue weighted by atomic mass is 9.86. The van der Waals surface area contributed by atoms with Gasteiger partial charge in [-0.25, -0.2) is 0 Å². The first-order valence-corrected chi connectivity index (χ1v) is 6.81. The van der Waals surface area contributed by atoms with E-state index >= 15 is 0 Å². The third-order valence-corrected chi connectivity index (χ3v) is 3.51. The minimum atomic E-state index is -0.402. The first-order chi connectivity index (χ1) is 8.67. The van der Waals surface area contributed by atoms with Crippen molar-refractivity contribution in [1.82, 2.24) is 5.32 Å². The van der Waals surface area contributed by atoms with Crippen LogP contribution in [0.3, 0.4) is 0 Å². The Balaban J connectivity index is 2.21. The van der Waals surface area contributed by atoms with Gasteiger partial charge in [0, 0.05) is 12.6 Å². The van der Waals surface area contributed by atoms with E-state index < -0.39 is 6.10 Å². The van der Waals surface area contributed by atoms with Gasteiger partial charge in [-0.2, -0.15) is 0 Å². The normalized spacial score (nSPS) is 25.4. The molecule has 0 aromatic heterocycles. The minimum absolute atomic E-state index is 0.0356. The quantitative estimate of drug-likeness (QED) is 0.537. The molecule has 1 aliphatic carbocycles. The highest BCUT2D eigenvalue weighted by Crippen LogP contribution is 2.23. The molecule has 0 aromatic rings. The Morgan fingerprint density at radius 3 is 2.72 bits per heavy atom. The number of rotatable bonds is 7. The summed E-state index contributed by atoms with van der Waals surface area (Å²) in [6.07, 6.45) is 6.04. The highest BCUT2D eigenvalue weighted by molar-refractivity contribution is 5.80. The molecule has 4 nitrogen and oxygen atoms in total. The number of nitrogens with one attached hydrogen (secondary N) is 1. The maximum absolute atomic E-state index is 11.8. The highest BCUT2D eigenvalue weighted by Gasteiger charge is 2.23. The molecule has 0 saturated heterocycles. The van der Waals surface area contributed by atoms with Gasteiger partial charge in [-0.1, -0.05) is 6.08 Å². The molecule has 1 amide bonds. The maximum atomic E-state index is 11.8. The van der Waals surface area contributed by atoms with Crippen LogP contribution in [-0.2, 0) is 9.53 Å². The van der Waals surface area contributed by atoms with Crippen LogP contribution in [0.15, 0.2) is 12.7 Å². The molecule has 1 saturated carbocycles. The van der Waals surface area contributed by atoms with Crippen LogP contribution in [0.5, 0.6) is 0 Å². The minimum Gasteiger partial charge on any atom is -0.396 e. The molecule has 0 bridgehead atoms. The number of ether oxygens (including phenoxy) is 1. The summed E-state index contributed by atoms with van der Waals surface area (Å²) < 4.78 is 5.40. The number of aliphatic hydroxyl groups is 1. The van der Waals surface area contributed by atoms with Crippen molar-refractivity contribution < 1.29 is 14.6 Å². The molecule has 2 N–H and O–H groups in total. The summed E-state index contributed by atoms with van der Waals surface area (Å²) in [6, 6.07) is 0.241. The van der Waals surface area contributed by atoms with Crippen LogP contribution >= 0.6 is 0 Å². The number of carbonyl (C=O) groups excluding carboxylic acids is 1. The number of hydrogen-bond donors (Lipinski definition) is 2. The van der Waals surface area contributed by atoms with Gasteiger partial charge < -0.3 is 15.2 Å². The van der Waals surface area contributed by atoms with Crippen molar-refractivity contribution in [2.75, 3.05) is 13.2 Å². The van der Waals surface area contributed by atoms with Crippen molar-refractivity contribution in [2.24, 2.45) is 5.92 Å². The third-order valence-electron chi connectivity index (χ3n) is 3.51. The van der Waals surface area contributed by atoms with Crippen LogP contribution in [0.4, 0.5) is 0 Å². The van der Waals surface area contributed by atoms with Gasteiger partial charge in [0.25, 0.3) is 0 Å². The van der Waals surface area contributed by atoms with Crippen molar-refractivity contribution in [3.8, 4) is 0 Å². The molecule has 1 atom stereocenters. The van der Waals surface area contributed by atoms with Gasteiger partial charge in [-0.05, 0) is 44.9 Å². The van der Waals surface area contributed by atoms with E-state index in [-0.39, 0.29) is 18.6 Å². The first-order valence-electron chi connectivity index (χ1n) is 6.81. The van der Waals surface area contributed by atoms with E-state index in [4.69, 9.17) is 9.84 Å². The maximum Gasteiger partial charge on any atom is 0.249 e. The molecule has 0 aromatic carbocycles. The fraction of sp³-hybridized carbons (Fsp3) is 0.786. The summed E-state index contributed by atoms with van der Waals surface area (Å²) >= 11 is 0. The van der Waals surface area contributed by atoms with E-state index in [1.165, 1.54) is 0 Å². The average Bonchev–Trinajstić information content (AvgIpc) is 2.39. The molecule has 1 aliphatic rings. The van der Waals surface area contributed by atoms with Crippen LogP contribution in [0.1, 0.15) is 39.0 Å². The molecule has 0 heterocycles. The van der Waals surface area contributed by atoms with E-state index in [2.05, 4.69) is 11.9 Å². The van der Waals surface area contributed by atoms with Crippen LogP contribution < -0.4 is 5.32 Å². The molecule has 0 spiro atoms. The first kappa shape index (κ1) is 15.2. The van der Waals surface area contributed by atoms with E-state index in [1.807, 2.05) is 0 Å². The van der Waals surface area contributed by atoms with Crippen LogP contribution in [0, 0.1) is 5.92 Å². The third kappa shape index (κ3) is 5.19. The van der Waals surface area contributed by atoms with Gasteiger partial charge in [0.05, 0.1) is 6.61 Å². The summed E-state index contributed by atoms with van der Waals surface area (Å²) in [5, 5.41) is 12.1. The lowest BCUT2D eigenvalue weighted by Gasteiger charge is -2.28. The Bertz CT molecular complexity index is 260. The monoisotopic (exact) mass is 255 g/mol. The molecular weight excluding hydrogens is 230 g/mol. The number of amides is 1. The van der Waals surface area contributed by atoms with Crippen LogP contribution in [0.25, 0.3) is 0 Å². The van der Waals surface area contributed by atoms with Crippen molar-refractivity contribution >= 4 is 5.91 Å². The smallest absolute Gasteiger partial charge is 0.249 e. The largest absolute Gasteiger partial charge is 0.396 e. The van der Waals surface area contributed by atoms with E-state index in [9.17, 15) is 4.79 Å². The van der Waals surface area contributed by atoms with Gasteiger partial charge in [-0.15, -0.1) is 6.58 Å². The van der Waals surface area contributed by atoms with Gasteiger partial charge in [0.1, 0.15) is 6.10 Å². The Labute approximate surface area is 109 Å². The predicted molar refractivity (Wildman–Crippen MR) is 71.2 cm³/mol. The lowest BCUT2D eigenvalue weighted by molar-refractivity contribution is -0.132. The highest BCUT2D eigenvalue weighted by atomic mass is 16.5. The molecule has 1 fully saturated rings. The van der Waals surface area contributed by atoms with Crippen LogP contribution in [0.2, 0.25) is 0 Å². The second-order valence-electron chi connectivity index (χ2n) is 5.00. The SMILES string of the molecule is C=CCCOC(C)C(=O)NC1CCC(CO)CC1. The second-order valence-corrected chi connectivity index (χ2v) is 5.00. The number of aliphatic hydroxyl groups excluding tert-OH is 1. The van der Waals surface area contributed by atoms with E-state index in [0.717, 1.165) is 32.1 Å². The zero-order chi connectivity index (χ0) is 13.4. The number of carbonyl (C=O) groups is 1. The van der Waals surface area contributed by atoms with Crippen molar-refractivity contribution in [3.05, 3.63) is 12.7 Å². The molecule has 0 aliphatic heterocycles. The summed E-state index contributed by atoms with van der Waals surface area (Å²) in [6.45, 7) is 6.19. The van der Waals surface area contributed by atoms with Gasteiger partial charge in [0.2, 0.25) is 5.91 Å². The fourth-order valence-corrected chi connectivity index (χ4v) is 2.21. The van der Waals surface area contributed by atoms with Gasteiger partial charge in [0.15, 0.2) is 0 Å². The molecule has 4 heteroatoms. The Morgan fingerprint density at radius 2 is 2.17 bits per heavy atom. The molecule has 1 unspecified atom stereocenters. The van der Waals surface area contributed by atoms with E-state index in [0.29, 0.717) is 12.5 Å². The van der Waals surface area contributed by atoms with E-state index in [1.54, 1.807) is 13.0 Å². The van der Waals surface area contributed by atoms with Crippen molar-refractivity contribution in [1.29, 1.82) is 0 Å². The average molecular weight is 255 g/mol. The molecule has 18 heavy (non-hydrogen) atoms. The Morgan fingerprint density at radius 1 is 1.50 bits per heavy atom. The zero-order valence-corrected chi connectivity index (χ0v) is 11.2. The summed E-state index contributed by atoms with van der Waals surface area (Å²) in [7, 11) is 0. The Kier molecular flexibility index (Phi) is 6.98. The molecular formula is C14H25NO3. The molecule has 104 valence electrons. The number of hydrogen-bond acceptors (Lipinski definition) is 3. The topological polar surface area (TPSA) is 58.6 Å². The fourth-order valence-electron chi connectivity index (χ4n) is 2.21. The van der Waals surface area contributed by atoms with Crippen molar-refractivity contribution in [3.63, 3.8) is 0 Å². The van der Waals surface area contributed by atoms with Crippen LogP contribution in [-0.4, -0.2) is 36.4 Å². The van der Waals surface area contributed by atoms with Gasteiger partial charge in [-0.3, -0.25) is 4.79 Å². The second kappa shape index (κ2) is 8.27. The standard InChI is InChI=1S/C14H25NO3/c1-3-4-9-18-11(2)14(17)15-13-7-5-12(10-16)6-8-13/h3,11-13,16H,1,4-10H2,2H3,(H,15,17). The molecule has 1 rings (SSSR count). The lowest BCUT2D eigenvalue weighted by Crippen LogP contribution is -2.43. The summed E-state index contributed by atoms with van der Waals surface area (Å²) in [4.78, 5) is 11.8. The summed E-state index contributed by atoms with van der Waals surface area (Å²) in [5.74, 6) is 0.380. The zero-order valence-electron chi connectivity index (χ0n) is 11.2. The van der Waals surface area contributed by atoms with Gasteiger partial charge >= 0.3 is 0 Å². The Hall–Kier alpha value is -0.870.